The number of nitrogens with zero attached hydrogens (tertiary/aromatic N) is 2. The normalized spacial score (nSPS) is 16.8. The van der Waals surface area contributed by atoms with E-state index in [4.69, 9.17) is 0 Å². The van der Waals surface area contributed by atoms with Gasteiger partial charge in [-0.2, -0.15) is 18.3 Å². The zero-order valence-corrected chi connectivity index (χ0v) is 9.04. The smallest absolute Gasteiger partial charge is 0.273 e. The summed E-state index contributed by atoms with van der Waals surface area (Å²) >= 11 is 0. The molecule has 0 aliphatic carbocycles. The molecule has 0 aromatic heterocycles. The van der Waals surface area contributed by atoms with Crippen LogP contribution in [0.4, 0.5) is 23.2 Å². The molecule has 96 valence electrons. The second-order valence-corrected chi connectivity index (χ2v) is 3.73. The van der Waals surface area contributed by atoms with Crippen molar-refractivity contribution in [3.8, 4) is 0 Å². The van der Waals surface area contributed by atoms with Gasteiger partial charge >= 0.3 is 6.18 Å². The average molecular weight is 260 g/mol. The standard InChI is InChI=1S/C11H8F4N2O/c12-7-1-3-8(4-2-7)17-10(18)6-5-9(16-17)11(13,14)15/h1-4H,5-6H2. The van der Waals surface area contributed by atoms with E-state index >= 15 is 0 Å². The van der Waals surface area contributed by atoms with Gasteiger partial charge in [0.2, 0.25) is 5.91 Å². The van der Waals surface area contributed by atoms with Crippen LogP contribution in [0.5, 0.6) is 0 Å². The molecule has 0 spiro atoms. The Morgan fingerprint density at radius 2 is 1.72 bits per heavy atom. The second kappa shape index (κ2) is 4.40. The van der Waals surface area contributed by atoms with E-state index in [0.717, 1.165) is 12.1 Å². The molecule has 0 N–H and O–H groups in total. The number of alkyl halides is 3. The average Bonchev–Trinajstić information content (AvgIpc) is 2.29. The van der Waals surface area contributed by atoms with Crippen molar-refractivity contribution in [3.63, 3.8) is 0 Å². The molecule has 0 bridgehead atoms. The Bertz CT molecular complexity index is 493. The summed E-state index contributed by atoms with van der Waals surface area (Å²) in [6.45, 7) is 0. The maximum atomic E-state index is 12.7. The van der Waals surface area contributed by atoms with Gasteiger partial charge in [-0.05, 0) is 24.3 Å². The van der Waals surface area contributed by atoms with Crippen LogP contribution >= 0.6 is 0 Å². The highest BCUT2D eigenvalue weighted by molar-refractivity contribution is 6.03. The molecule has 1 aromatic rings. The molecule has 0 atom stereocenters. The van der Waals surface area contributed by atoms with Crippen molar-refractivity contribution in [1.29, 1.82) is 0 Å². The zero-order chi connectivity index (χ0) is 13.3. The van der Waals surface area contributed by atoms with E-state index in [1.54, 1.807) is 0 Å². The molecule has 1 aromatic carbocycles. The Labute approximate surface area is 99.7 Å². The van der Waals surface area contributed by atoms with Crippen molar-refractivity contribution in [3.05, 3.63) is 30.1 Å². The minimum absolute atomic E-state index is 0.114. The Morgan fingerprint density at radius 3 is 2.28 bits per heavy atom. The highest BCUT2D eigenvalue weighted by atomic mass is 19.4. The van der Waals surface area contributed by atoms with Crippen molar-refractivity contribution >= 4 is 17.3 Å². The molecule has 0 fully saturated rings. The molecule has 1 amide bonds. The first-order valence-corrected chi connectivity index (χ1v) is 5.11. The quantitative estimate of drug-likeness (QED) is 0.714. The van der Waals surface area contributed by atoms with Crippen LogP contribution in [-0.4, -0.2) is 17.8 Å². The van der Waals surface area contributed by atoms with E-state index in [9.17, 15) is 22.4 Å². The second-order valence-electron chi connectivity index (χ2n) is 3.73. The van der Waals surface area contributed by atoms with Gasteiger partial charge in [0.25, 0.3) is 0 Å². The van der Waals surface area contributed by atoms with Crippen molar-refractivity contribution in [2.75, 3.05) is 5.01 Å². The summed E-state index contributed by atoms with van der Waals surface area (Å²) in [6, 6.07) is 4.52. The first kappa shape index (κ1) is 12.5. The molecule has 0 saturated carbocycles. The first-order chi connectivity index (χ1) is 8.38. The van der Waals surface area contributed by atoms with Crippen molar-refractivity contribution < 1.29 is 22.4 Å². The van der Waals surface area contributed by atoms with Gasteiger partial charge in [0.15, 0.2) is 0 Å². The molecule has 0 radical (unpaired) electrons. The van der Waals surface area contributed by atoms with E-state index in [-0.39, 0.29) is 12.1 Å². The topological polar surface area (TPSA) is 32.7 Å². The predicted molar refractivity (Wildman–Crippen MR) is 56.6 cm³/mol. The van der Waals surface area contributed by atoms with Gasteiger partial charge in [-0.1, -0.05) is 0 Å². The highest BCUT2D eigenvalue weighted by Crippen LogP contribution is 2.27. The maximum absolute atomic E-state index is 12.7. The largest absolute Gasteiger partial charge is 0.431 e. The van der Waals surface area contributed by atoms with Crippen molar-refractivity contribution in [1.82, 2.24) is 0 Å². The molecule has 0 unspecified atom stereocenters. The molecule has 1 aliphatic rings. The molecular formula is C11H8F4N2O. The molecule has 1 heterocycles. The lowest BCUT2D eigenvalue weighted by Gasteiger charge is -2.24. The van der Waals surface area contributed by atoms with Crippen LogP contribution in [-0.2, 0) is 4.79 Å². The van der Waals surface area contributed by atoms with Crippen molar-refractivity contribution in [2.24, 2.45) is 5.10 Å². The Balaban J connectivity index is 2.36. The van der Waals surface area contributed by atoms with Gasteiger partial charge in [-0.25, -0.2) is 9.40 Å². The summed E-state index contributed by atoms with van der Waals surface area (Å²) in [5, 5.41) is 3.95. The predicted octanol–water partition coefficient (Wildman–Crippen LogP) is 2.87. The Kier molecular flexibility index (Phi) is 3.06. The lowest BCUT2D eigenvalue weighted by molar-refractivity contribution is -0.119. The fourth-order valence-corrected chi connectivity index (χ4v) is 1.54. The number of carbonyl (C=O) groups excluding carboxylic acids is 1. The Hall–Kier alpha value is -1.92. The lowest BCUT2D eigenvalue weighted by Crippen LogP contribution is -2.37. The number of amides is 1. The van der Waals surface area contributed by atoms with Crippen LogP contribution in [0, 0.1) is 5.82 Å². The summed E-state index contributed by atoms with van der Waals surface area (Å²) in [5.74, 6) is -1.09. The molecule has 1 aliphatic heterocycles. The highest BCUT2D eigenvalue weighted by Gasteiger charge is 2.39. The van der Waals surface area contributed by atoms with E-state index in [2.05, 4.69) is 5.10 Å². The summed E-state index contributed by atoms with van der Waals surface area (Å²) in [7, 11) is 0. The van der Waals surface area contributed by atoms with E-state index in [1.807, 2.05) is 0 Å². The fourth-order valence-electron chi connectivity index (χ4n) is 1.54. The monoisotopic (exact) mass is 260 g/mol. The SMILES string of the molecule is O=C1CCC(C(F)(F)F)=NN1c1ccc(F)cc1. The van der Waals surface area contributed by atoms with Gasteiger partial charge in [0.05, 0.1) is 5.69 Å². The molecule has 18 heavy (non-hydrogen) atoms. The third kappa shape index (κ3) is 2.49. The zero-order valence-electron chi connectivity index (χ0n) is 9.04. The summed E-state index contributed by atoms with van der Waals surface area (Å²) in [5.41, 5.74) is -0.894. The fraction of sp³-hybridized carbons (Fsp3) is 0.273. The van der Waals surface area contributed by atoms with Crippen LogP contribution in [0.1, 0.15) is 12.8 Å². The number of anilines is 1. The van der Waals surface area contributed by atoms with Crippen LogP contribution < -0.4 is 5.01 Å². The molecule has 0 saturated heterocycles. The van der Waals surface area contributed by atoms with E-state index in [1.165, 1.54) is 12.1 Å². The van der Waals surface area contributed by atoms with Gasteiger partial charge in [0.1, 0.15) is 11.5 Å². The molecular weight excluding hydrogens is 252 g/mol. The third-order valence-electron chi connectivity index (χ3n) is 2.43. The third-order valence-corrected chi connectivity index (χ3v) is 2.43. The lowest BCUT2D eigenvalue weighted by atomic mass is 10.1. The van der Waals surface area contributed by atoms with Crippen LogP contribution in [0.2, 0.25) is 0 Å². The van der Waals surface area contributed by atoms with Crippen LogP contribution in [0.25, 0.3) is 0 Å². The number of halogens is 4. The number of hydrogen-bond acceptors (Lipinski definition) is 2. The number of hydrazone groups is 1. The number of hydrogen-bond donors (Lipinski definition) is 0. The molecule has 7 heteroatoms. The van der Waals surface area contributed by atoms with Crippen LogP contribution in [0.15, 0.2) is 29.4 Å². The number of carbonyl (C=O) groups is 1. The number of benzene rings is 1. The minimum Gasteiger partial charge on any atom is -0.273 e. The summed E-state index contributed by atoms with van der Waals surface area (Å²) < 4.78 is 50.2. The summed E-state index contributed by atoms with van der Waals surface area (Å²) in [4.78, 5) is 11.5. The maximum Gasteiger partial charge on any atom is 0.431 e. The minimum atomic E-state index is -4.56. The van der Waals surface area contributed by atoms with E-state index in [0.29, 0.717) is 5.01 Å². The van der Waals surface area contributed by atoms with Gasteiger partial charge < -0.3 is 0 Å². The van der Waals surface area contributed by atoms with Gasteiger partial charge in [-0.15, -0.1) is 0 Å². The van der Waals surface area contributed by atoms with E-state index < -0.39 is 30.0 Å². The summed E-state index contributed by atoms with van der Waals surface area (Å²) in [6.07, 6.45) is -5.26. The first-order valence-electron chi connectivity index (χ1n) is 5.11. The molecule has 2 rings (SSSR count). The van der Waals surface area contributed by atoms with Gasteiger partial charge in [-0.3, -0.25) is 4.79 Å². The van der Waals surface area contributed by atoms with Crippen LogP contribution in [0.3, 0.4) is 0 Å². The van der Waals surface area contributed by atoms with Gasteiger partial charge in [0, 0.05) is 12.8 Å². The number of rotatable bonds is 1. The Morgan fingerprint density at radius 1 is 1.11 bits per heavy atom. The molecule has 3 nitrogen and oxygen atoms in total. The van der Waals surface area contributed by atoms with Crippen molar-refractivity contribution in [2.45, 2.75) is 19.0 Å².